The first-order valence-corrected chi connectivity index (χ1v) is 7.66. The van der Waals surface area contributed by atoms with Gasteiger partial charge >= 0.3 is 0 Å². The van der Waals surface area contributed by atoms with Crippen LogP contribution in [0.4, 0.5) is 0 Å². The Hall–Kier alpha value is -0.420. The highest BCUT2D eigenvalue weighted by Gasteiger charge is 2.19. The van der Waals surface area contributed by atoms with Gasteiger partial charge in [-0.05, 0) is 49.2 Å². The Labute approximate surface area is 113 Å². The lowest BCUT2D eigenvalue weighted by atomic mass is 9.94. The molecule has 4 heteroatoms. The van der Waals surface area contributed by atoms with Gasteiger partial charge in [0, 0.05) is 24.6 Å². The lowest BCUT2D eigenvalue weighted by Crippen LogP contribution is -2.26. The van der Waals surface area contributed by atoms with E-state index in [-0.39, 0.29) is 0 Å². The summed E-state index contributed by atoms with van der Waals surface area (Å²) in [6, 6.07) is 2.85. The molecule has 0 saturated heterocycles. The fourth-order valence-corrected chi connectivity index (χ4v) is 3.38. The third-order valence-corrected chi connectivity index (χ3v) is 4.34. The third kappa shape index (κ3) is 4.05. The summed E-state index contributed by atoms with van der Waals surface area (Å²) >= 11 is 1.90. The standard InChI is InChI=1S/C14H23NO2S/c1-16-9-10-17-8-3-7-15-13-4-2-5-14-12(13)6-11-18-14/h6,11,13,15H,2-5,7-10H2,1H3. The van der Waals surface area contributed by atoms with Gasteiger partial charge in [0.1, 0.15) is 0 Å². The molecule has 1 heterocycles. The summed E-state index contributed by atoms with van der Waals surface area (Å²) in [5.41, 5.74) is 1.53. The van der Waals surface area contributed by atoms with Crippen molar-refractivity contribution in [3.8, 4) is 0 Å². The van der Waals surface area contributed by atoms with Crippen LogP contribution >= 0.6 is 11.3 Å². The number of nitrogens with one attached hydrogen (secondary N) is 1. The molecule has 0 aromatic carbocycles. The number of hydrogen-bond donors (Lipinski definition) is 1. The molecule has 0 saturated carbocycles. The largest absolute Gasteiger partial charge is 0.382 e. The van der Waals surface area contributed by atoms with Gasteiger partial charge < -0.3 is 14.8 Å². The third-order valence-electron chi connectivity index (χ3n) is 3.34. The van der Waals surface area contributed by atoms with Crippen molar-refractivity contribution < 1.29 is 9.47 Å². The predicted octanol–water partition coefficient (Wildman–Crippen LogP) is 2.77. The molecule has 0 bridgehead atoms. The summed E-state index contributed by atoms with van der Waals surface area (Å²) in [7, 11) is 1.70. The Bertz CT molecular complexity index is 340. The summed E-state index contributed by atoms with van der Waals surface area (Å²) < 4.78 is 10.4. The Morgan fingerprint density at radius 1 is 1.39 bits per heavy atom. The number of rotatable bonds is 8. The number of fused-ring (bicyclic) bond motifs is 1. The first-order valence-electron chi connectivity index (χ1n) is 6.78. The average molecular weight is 269 g/mol. The second-order valence-electron chi connectivity index (χ2n) is 4.66. The van der Waals surface area contributed by atoms with Crippen LogP contribution in [0.15, 0.2) is 11.4 Å². The zero-order valence-electron chi connectivity index (χ0n) is 11.1. The smallest absolute Gasteiger partial charge is 0.0700 e. The van der Waals surface area contributed by atoms with Crippen LogP contribution in [-0.2, 0) is 15.9 Å². The van der Waals surface area contributed by atoms with E-state index in [9.17, 15) is 0 Å². The molecule has 0 radical (unpaired) electrons. The van der Waals surface area contributed by atoms with E-state index in [4.69, 9.17) is 9.47 Å². The summed E-state index contributed by atoms with van der Waals surface area (Å²) in [5.74, 6) is 0. The van der Waals surface area contributed by atoms with Crippen molar-refractivity contribution >= 4 is 11.3 Å². The molecule has 0 fully saturated rings. The maximum absolute atomic E-state index is 5.45. The van der Waals surface area contributed by atoms with Crippen molar-refractivity contribution in [1.82, 2.24) is 5.32 Å². The fraction of sp³-hybridized carbons (Fsp3) is 0.714. The Kier molecular flexibility index (Phi) is 6.14. The fourth-order valence-electron chi connectivity index (χ4n) is 2.39. The van der Waals surface area contributed by atoms with Crippen LogP contribution in [0.1, 0.15) is 35.7 Å². The number of aryl methyl sites for hydroxylation is 1. The minimum absolute atomic E-state index is 0.568. The molecule has 1 unspecified atom stereocenters. The molecule has 102 valence electrons. The number of ether oxygens (including phenoxy) is 2. The van der Waals surface area contributed by atoms with Crippen molar-refractivity contribution in [2.24, 2.45) is 0 Å². The van der Waals surface area contributed by atoms with E-state index in [0.717, 1.165) is 19.6 Å². The Balaban J connectivity index is 1.60. The molecule has 1 aliphatic carbocycles. The number of hydrogen-bond acceptors (Lipinski definition) is 4. The number of methoxy groups -OCH3 is 1. The van der Waals surface area contributed by atoms with Crippen LogP contribution in [0.5, 0.6) is 0 Å². The van der Waals surface area contributed by atoms with Gasteiger partial charge in [0.15, 0.2) is 0 Å². The first-order chi connectivity index (χ1) is 8.92. The van der Waals surface area contributed by atoms with Crippen LogP contribution in [-0.4, -0.2) is 33.5 Å². The van der Waals surface area contributed by atoms with Crippen LogP contribution < -0.4 is 5.32 Å². The zero-order valence-corrected chi connectivity index (χ0v) is 11.9. The van der Waals surface area contributed by atoms with Crippen molar-refractivity contribution in [1.29, 1.82) is 0 Å². The highest BCUT2D eigenvalue weighted by Crippen LogP contribution is 2.32. The molecule has 1 N–H and O–H groups in total. The Morgan fingerprint density at radius 3 is 3.22 bits per heavy atom. The van der Waals surface area contributed by atoms with Crippen LogP contribution in [0, 0.1) is 0 Å². The minimum Gasteiger partial charge on any atom is -0.382 e. The highest BCUT2D eigenvalue weighted by molar-refractivity contribution is 7.10. The summed E-state index contributed by atoms with van der Waals surface area (Å²) in [6.45, 7) is 3.25. The quantitative estimate of drug-likeness (QED) is 0.736. The molecule has 0 amide bonds. The second-order valence-corrected chi connectivity index (χ2v) is 5.66. The van der Waals surface area contributed by atoms with Gasteiger partial charge in [-0.3, -0.25) is 0 Å². The van der Waals surface area contributed by atoms with E-state index in [1.54, 1.807) is 12.0 Å². The van der Waals surface area contributed by atoms with E-state index in [1.807, 2.05) is 11.3 Å². The van der Waals surface area contributed by atoms with Gasteiger partial charge in [-0.1, -0.05) is 0 Å². The lowest BCUT2D eigenvalue weighted by molar-refractivity contribution is 0.0692. The van der Waals surface area contributed by atoms with Gasteiger partial charge in [0.2, 0.25) is 0 Å². The number of thiophene rings is 1. The van der Waals surface area contributed by atoms with Gasteiger partial charge in [-0.15, -0.1) is 11.3 Å². The molecule has 1 aromatic heterocycles. The van der Waals surface area contributed by atoms with E-state index in [1.165, 1.54) is 24.8 Å². The van der Waals surface area contributed by atoms with Crippen LogP contribution in [0.3, 0.4) is 0 Å². The first kappa shape index (κ1) is 14.0. The second kappa shape index (κ2) is 7.89. The molecular formula is C14H23NO2S. The molecule has 3 nitrogen and oxygen atoms in total. The molecular weight excluding hydrogens is 246 g/mol. The maximum atomic E-state index is 5.45. The normalized spacial score (nSPS) is 18.8. The van der Waals surface area contributed by atoms with E-state index in [2.05, 4.69) is 16.8 Å². The van der Waals surface area contributed by atoms with Gasteiger partial charge in [-0.2, -0.15) is 0 Å². The highest BCUT2D eigenvalue weighted by atomic mass is 32.1. The average Bonchev–Trinajstić information content (AvgIpc) is 2.86. The maximum Gasteiger partial charge on any atom is 0.0700 e. The van der Waals surface area contributed by atoms with Crippen molar-refractivity contribution in [3.63, 3.8) is 0 Å². The Morgan fingerprint density at radius 2 is 2.33 bits per heavy atom. The molecule has 0 aliphatic heterocycles. The molecule has 1 aliphatic rings. The summed E-state index contributed by atoms with van der Waals surface area (Å²) in [5, 5.41) is 5.87. The van der Waals surface area contributed by atoms with Gasteiger partial charge in [-0.25, -0.2) is 0 Å². The van der Waals surface area contributed by atoms with E-state index in [0.29, 0.717) is 19.3 Å². The van der Waals surface area contributed by atoms with Gasteiger partial charge in [0.05, 0.1) is 13.2 Å². The van der Waals surface area contributed by atoms with Crippen LogP contribution in [0.2, 0.25) is 0 Å². The monoisotopic (exact) mass is 269 g/mol. The van der Waals surface area contributed by atoms with Crippen molar-refractivity contribution in [2.75, 3.05) is 33.5 Å². The van der Waals surface area contributed by atoms with Crippen molar-refractivity contribution in [3.05, 3.63) is 21.9 Å². The summed E-state index contributed by atoms with van der Waals surface area (Å²) in [4.78, 5) is 1.58. The van der Waals surface area contributed by atoms with Gasteiger partial charge in [0.25, 0.3) is 0 Å². The SMILES string of the molecule is COCCOCCCNC1CCCc2sccc21. The van der Waals surface area contributed by atoms with E-state index >= 15 is 0 Å². The lowest BCUT2D eigenvalue weighted by Gasteiger charge is -2.23. The molecule has 1 atom stereocenters. The predicted molar refractivity (Wildman–Crippen MR) is 75.3 cm³/mol. The van der Waals surface area contributed by atoms with Crippen molar-refractivity contribution in [2.45, 2.75) is 31.7 Å². The zero-order chi connectivity index (χ0) is 12.6. The topological polar surface area (TPSA) is 30.5 Å². The van der Waals surface area contributed by atoms with E-state index < -0.39 is 0 Å². The molecule has 18 heavy (non-hydrogen) atoms. The summed E-state index contributed by atoms with van der Waals surface area (Å²) in [6.07, 6.45) is 4.93. The molecule has 1 aromatic rings. The molecule has 0 spiro atoms. The molecule has 2 rings (SSSR count). The minimum atomic E-state index is 0.568. The van der Waals surface area contributed by atoms with Crippen LogP contribution in [0.25, 0.3) is 0 Å².